The average Bonchev–Trinajstić information content (AvgIpc) is 2.80. The van der Waals surface area contributed by atoms with Gasteiger partial charge in [0.2, 0.25) is 0 Å². The first kappa shape index (κ1) is 17.8. The Kier molecular flexibility index (Phi) is 5.44. The number of hydrogen-bond acceptors (Lipinski definition) is 2. The van der Waals surface area contributed by atoms with Crippen LogP contribution >= 0.6 is 0 Å². The summed E-state index contributed by atoms with van der Waals surface area (Å²) in [5.41, 5.74) is 4.76. The normalized spacial score (nSPS) is 10.7. The molecule has 24 heavy (non-hydrogen) atoms. The molecule has 5 nitrogen and oxygen atoms in total. The summed E-state index contributed by atoms with van der Waals surface area (Å²) in [7, 11) is 1.71. The summed E-state index contributed by atoms with van der Waals surface area (Å²) in [5, 5.41) is 8.71. The van der Waals surface area contributed by atoms with Crippen molar-refractivity contribution in [2.24, 2.45) is 0 Å². The molecular formula is C19H24N2O3. The minimum atomic E-state index is -0.839. The van der Waals surface area contributed by atoms with E-state index in [0.29, 0.717) is 18.5 Å². The van der Waals surface area contributed by atoms with Crippen molar-refractivity contribution in [1.82, 2.24) is 9.47 Å². The number of hydrogen-bond donors (Lipinski definition) is 1. The molecule has 0 aliphatic carbocycles. The van der Waals surface area contributed by atoms with Gasteiger partial charge < -0.3 is 14.6 Å². The predicted molar refractivity (Wildman–Crippen MR) is 93.8 cm³/mol. The van der Waals surface area contributed by atoms with Crippen molar-refractivity contribution >= 4 is 11.9 Å². The largest absolute Gasteiger partial charge is 0.481 e. The highest BCUT2D eigenvalue weighted by Gasteiger charge is 2.19. The van der Waals surface area contributed by atoms with Crippen LogP contribution in [0.4, 0.5) is 0 Å². The summed E-state index contributed by atoms with van der Waals surface area (Å²) < 4.78 is 2.07. The number of carbonyl (C=O) groups excluding carboxylic acids is 1. The first-order valence-electron chi connectivity index (χ1n) is 8.04. The average molecular weight is 328 g/mol. The number of benzene rings is 1. The van der Waals surface area contributed by atoms with Crippen LogP contribution < -0.4 is 0 Å². The van der Waals surface area contributed by atoms with Crippen molar-refractivity contribution in [3.8, 4) is 5.69 Å². The molecule has 0 spiro atoms. The van der Waals surface area contributed by atoms with E-state index in [0.717, 1.165) is 17.1 Å². The van der Waals surface area contributed by atoms with Gasteiger partial charge in [0, 0.05) is 37.1 Å². The smallest absolute Gasteiger partial charge is 0.303 e. The Labute approximate surface area is 142 Å². The van der Waals surface area contributed by atoms with Crippen molar-refractivity contribution in [2.45, 2.75) is 33.6 Å². The first-order chi connectivity index (χ1) is 11.3. The monoisotopic (exact) mass is 328 g/mol. The van der Waals surface area contributed by atoms with Crippen LogP contribution in [0.15, 0.2) is 30.3 Å². The van der Waals surface area contributed by atoms with Gasteiger partial charge in [-0.25, -0.2) is 0 Å². The first-order valence-corrected chi connectivity index (χ1v) is 8.04. The molecule has 1 N–H and O–H groups in total. The highest BCUT2D eigenvalue weighted by Crippen LogP contribution is 2.22. The van der Waals surface area contributed by atoms with Crippen LogP contribution in [0.25, 0.3) is 5.69 Å². The molecule has 128 valence electrons. The van der Waals surface area contributed by atoms with E-state index in [4.69, 9.17) is 5.11 Å². The van der Waals surface area contributed by atoms with Gasteiger partial charge in [0.15, 0.2) is 0 Å². The Morgan fingerprint density at radius 1 is 1.17 bits per heavy atom. The molecule has 0 aliphatic rings. The molecule has 0 saturated carbocycles. The maximum atomic E-state index is 12.7. The fourth-order valence-corrected chi connectivity index (χ4v) is 2.92. The van der Waals surface area contributed by atoms with Gasteiger partial charge in [0.05, 0.1) is 5.56 Å². The molecule has 0 aliphatic heterocycles. The number of rotatable bonds is 6. The molecule has 0 radical (unpaired) electrons. The molecule has 1 aromatic heterocycles. The van der Waals surface area contributed by atoms with Crippen LogP contribution in [-0.2, 0) is 4.79 Å². The summed E-state index contributed by atoms with van der Waals surface area (Å²) in [5.74, 6) is -0.916. The molecule has 0 bridgehead atoms. The summed E-state index contributed by atoms with van der Waals surface area (Å²) in [4.78, 5) is 24.9. The second kappa shape index (κ2) is 7.34. The van der Waals surface area contributed by atoms with E-state index >= 15 is 0 Å². The predicted octanol–water partition coefficient (Wildman–Crippen LogP) is 3.34. The minimum absolute atomic E-state index is 0.0694. The molecule has 2 rings (SSSR count). The van der Waals surface area contributed by atoms with Crippen molar-refractivity contribution in [3.63, 3.8) is 0 Å². The lowest BCUT2D eigenvalue weighted by atomic mass is 10.2. The third kappa shape index (κ3) is 3.85. The summed E-state index contributed by atoms with van der Waals surface area (Å²) >= 11 is 0. The third-order valence-corrected chi connectivity index (χ3v) is 4.15. The van der Waals surface area contributed by atoms with Gasteiger partial charge in [-0.05, 0) is 51.0 Å². The number of aryl methyl sites for hydroxylation is 2. The van der Waals surface area contributed by atoms with Gasteiger partial charge in [-0.2, -0.15) is 0 Å². The number of aromatic nitrogens is 1. The number of aliphatic carboxylic acids is 1. The van der Waals surface area contributed by atoms with E-state index in [1.54, 1.807) is 11.9 Å². The van der Waals surface area contributed by atoms with Crippen molar-refractivity contribution in [3.05, 3.63) is 52.8 Å². The number of carboxylic acid groups (broad SMARTS) is 1. The Hall–Kier alpha value is -2.56. The van der Waals surface area contributed by atoms with E-state index in [2.05, 4.69) is 10.6 Å². The molecule has 0 saturated heterocycles. The molecule has 1 amide bonds. The van der Waals surface area contributed by atoms with Gasteiger partial charge in [0.1, 0.15) is 0 Å². The number of nitrogens with zero attached hydrogens (tertiary/aromatic N) is 2. The maximum absolute atomic E-state index is 12.7. The molecule has 1 heterocycles. The summed E-state index contributed by atoms with van der Waals surface area (Å²) in [6, 6.07) is 10.1. The molecule has 0 fully saturated rings. The van der Waals surface area contributed by atoms with E-state index in [-0.39, 0.29) is 12.3 Å². The van der Waals surface area contributed by atoms with Crippen LogP contribution in [0.2, 0.25) is 0 Å². The van der Waals surface area contributed by atoms with Crippen molar-refractivity contribution in [2.75, 3.05) is 13.6 Å². The van der Waals surface area contributed by atoms with E-state index in [1.807, 2.05) is 45.0 Å². The van der Waals surface area contributed by atoms with Crippen LogP contribution in [0.3, 0.4) is 0 Å². The van der Waals surface area contributed by atoms with E-state index < -0.39 is 5.97 Å². The number of carbonyl (C=O) groups is 2. The molecule has 0 atom stereocenters. The van der Waals surface area contributed by atoms with E-state index in [9.17, 15) is 9.59 Å². The van der Waals surface area contributed by atoms with Crippen LogP contribution in [0, 0.1) is 20.8 Å². The second-order valence-electron chi connectivity index (χ2n) is 6.18. The maximum Gasteiger partial charge on any atom is 0.303 e. The van der Waals surface area contributed by atoms with Crippen molar-refractivity contribution < 1.29 is 14.7 Å². The molecule has 1 aromatic carbocycles. The Morgan fingerprint density at radius 2 is 1.88 bits per heavy atom. The second-order valence-corrected chi connectivity index (χ2v) is 6.18. The van der Waals surface area contributed by atoms with E-state index in [1.165, 1.54) is 5.56 Å². The lowest BCUT2D eigenvalue weighted by Crippen LogP contribution is -2.28. The van der Waals surface area contributed by atoms with Gasteiger partial charge in [-0.15, -0.1) is 0 Å². The highest BCUT2D eigenvalue weighted by atomic mass is 16.4. The topological polar surface area (TPSA) is 62.5 Å². The zero-order valence-corrected chi connectivity index (χ0v) is 14.7. The Bertz CT molecular complexity index is 762. The highest BCUT2D eigenvalue weighted by molar-refractivity contribution is 5.95. The molecule has 0 unspecified atom stereocenters. The molecular weight excluding hydrogens is 304 g/mol. The lowest BCUT2D eigenvalue weighted by molar-refractivity contribution is -0.137. The lowest BCUT2D eigenvalue weighted by Gasteiger charge is -2.17. The molecule has 2 aromatic rings. The quantitative estimate of drug-likeness (QED) is 0.884. The SMILES string of the molecule is Cc1cccc(-n2c(C)cc(C(=O)N(C)CCCC(=O)O)c2C)c1. The number of carboxylic acids is 1. The third-order valence-electron chi connectivity index (χ3n) is 4.15. The van der Waals surface area contributed by atoms with Crippen LogP contribution in [0.1, 0.15) is 40.2 Å². The van der Waals surface area contributed by atoms with Gasteiger partial charge in [0.25, 0.3) is 5.91 Å². The Balaban J connectivity index is 2.24. The van der Waals surface area contributed by atoms with Crippen LogP contribution in [-0.4, -0.2) is 40.0 Å². The van der Waals surface area contributed by atoms with Gasteiger partial charge in [-0.3, -0.25) is 9.59 Å². The van der Waals surface area contributed by atoms with Crippen LogP contribution in [0.5, 0.6) is 0 Å². The fourth-order valence-electron chi connectivity index (χ4n) is 2.92. The standard InChI is InChI=1S/C19H24N2O3/c1-13-7-5-8-16(11-13)21-14(2)12-17(15(21)3)19(24)20(4)10-6-9-18(22)23/h5,7-8,11-12H,6,9-10H2,1-4H3,(H,22,23). The van der Waals surface area contributed by atoms with Gasteiger partial charge in [-0.1, -0.05) is 12.1 Å². The summed E-state index contributed by atoms with van der Waals surface area (Å²) in [6.45, 7) is 6.39. The number of amides is 1. The van der Waals surface area contributed by atoms with Crippen molar-refractivity contribution in [1.29, 1.82) is 0 Å². The fraction of sp³-hybridized carbons (Fsp3) is 0.368. The molecule has 5 heteroatoms. The zero-order valence-electron chi connectivity index (χ0n) is 14.7. The zero-order chi connectivity index (χ0) is 17.9. The Morgan fingerprint density at radius 3 is 2.50 bits per heavy atom. The summed E-state index contributed by atoms with van der Waals surface area (Å²) in [6.07, 6.45) is 0.522. The van der Waals surface area contributed by atoms with Gasteiger partial charge >= 0.3 is 5.97 Å². The minimum Gasteiger partial charge on any atom is -0.481 e.